The SMILES string of the molecule is Sc1ccccc1NCc1cnc(Cl)s1. The molecular formula is C10H9ClN2S2. The molecule has 0 unspecified atom stereocenters. The molecule has 0 aliphatic rings. The van der Waals surface area contributed by atoms with Crippen molar-refractivity contribution in [1.82, 2.24) is 4.98 Å². The molecule has 0 fully saturated rings. The zero-order valence-electron chi connectivity index (χ0n) is 7.77. The van der Waals surface area contributed by atoms with Gasteiger partial charge in [-0.25, -0.2) is 4.98 Å². The van der Waals surface area contributed by atoms with Gasteiger partial charge >= 0.3 is 0 Å². The minimum absolute atomic E-state index is 0.575. The Morgan fingerprint density at radius 2 is 2.20 bits per heavy atom. The zero-order valence-corrected chi connectivity index (χ0v) is 10.2. The van der Waals surface area contributed by atoms with Gasteiger partial charge in [0.1, 0.15) is 0 Å². The van der Waals surface area contributed by atoms with Crippen LogP contribution in [0.25, 0.3) is 0 Å². The number of nitrogens with one attached hydrogen (secondary N) is 1. The molecule has 0 radical (unpaired) electrons. The number of aromatic nitrogens is 1. The van der Waals surface area contributed by atoms with Crippen LogP contribution in [0.4, 0.5) is 5.69 Å². The highest BCUT2D eigenvalue weighted by atomic mass is 35.5. The first-order valence-corrected chi connectivity index (χ1v) is 6.02. The van der Waals surface area contributed by atoms with E-state index in [1.54, 1.807) is 6.20 Å². The summed E-state index contributed by atoms with van der Waals surface area (Å²) < 4.78 is 0.575. The van der Waals surface area contributed by atoms with Crippen LogP contribution >= 0.6 is 35.6 Å². The smallest absolute Gasteiger partial charge is 0.183 e. The van der Waals surface area contributed by atoms with E-state index in [1.165, 1.54) is 11.3 Å². The molecule has 0 saturated carbocycles. The van der Waals surface area contributed by atoms with Crippen LogP contribution in [0.2, 0.25) is 4.47 Å². The lowest BCUT2D eigenvalue weighted by atomic mass is 10.3. The molecule has 0 atom stereocenters. The van der Waals surface area contributed by atoms with Crippen LogP contribution in [0.5, 0.6) is 0 Å². The number of hydrogen-bond donors (Lipinski definition) is 2. The van der Waals surface area contributed by atoms with E-state index in [4.69, 9.17) is 11.6 Å². The third kappa shape index (κ3) is 2.87. The van der Waals surface area contributed by atoms with E-state index in [9.17, 15) is 0 Å². The maximum atomic E-state index is 5.74. The molecule has 0 bridgehead atoms. The molecule has 5 heteroatoms. The Balaban J connectivity index is 2.02. The van der Waals surface area contributed by atoms with Crippen LogP contribution in [0.15, 0.2) is 35.4 Å². The van der Waals surface area contributed by atoms with Gasteiger partial charge in [-0.05, 0) is 12.1 Å². The molecule has 2 nitrogen and oxygen atoms in total. The van der Waals surface area contributed by atoms with Crippen LogP contribution in [0, 0.1) is 0 Å². The molecule has 0 saturated heterocycles. The van der Waals surface area contributed by atoms with Gasteiger partial charge in [-0.1, -0.05) is 23.7 Å². The fourth-order valence-corrected chi connectivity index (χ4v) is 2.33. The van der Waals surface area contributed by atoms with E-state index in [0.717, 1.165) is 22.0 Å². The topological polar surface area (TPSA) is 24.9 Å². The Labute approximate surface area is 103 Å². The number of anilines is 1. The molecule has 1 heterocycles. The van der Waals surface area contributed by atoms with Gasteiger partial charge in [-0.15, -0.1) is 24.0 Å². The lowest BCUT2D eigenvalue weighted by Crippen LogP contribution is -1.97. The second kappa shape index (κ2) is 4.88. The van der Waals surface area contributed by atoms with E-state index in [0.29, 0.717) is 4.47 Å². The summed E-state index contributed by atoms with van der Waals surface area (Å²) in [4.78, 5) is 6.02. The number of nitrogens with zero attached hydrogens (tertiary/aromatic N) is 1. The monoisotopic (exact) mass is 256 g/mol. The molecule has 0 spiro atoms. The number of rotatable bonds is 3. The number of para-hydroxylation sites is 1. The predicted octanol–water partition coefficient (Wildman–Crippen LogP) is 3.70. The molecule has 0 aliphatic carbocycles. The van der Waals surface area contributed by atoms with Gasteiger partial charge in [-0.2, -0.15) is 0 Å². The van der Waals surface area contributed by atoms with Crippen molar-refractivity contribution in [3.63, 3.8) is 0 Å². The highest BCUT2D eigenvalue weighted by Crippen LogP contribution is 2.22. The van der Waals surface area contributed by atoms with E-state index < -0.39 is 0 Å². The first-order valence-electron chi connectivity index (χ1n) is 4.38. The number of thiol groups is 1. The van der Waals surface area contributed by atoms with Crippen LogP contribution in [0.1, 0.15) is 4.88 Å². The molecule has 2 aromatic rings. The van der Waals surface area contributed by atoms with Crippen molar-refractivity contribution in [3.05, 3.63) is 39.8 Å². The fraction of sp³-hybridized carbons (Fsp3) is 0.100. The number of thiazole rings is 1. The van der Waals surface area contributed by atoms with Crippen molar-refractivity contribution >= 4 is 41.3 Å². The zero-order chi connectivity index (χ0) is 10.7. The van der Waals surface area contributed by atoms with Crippen LogP contribution in [-0.4, -0.2) is 4.98 Å². The minimum Gasteiger partial charge on any atom is -0.379 e. The van der Waals surface area contributed by atoms with Gasteiger partial charge in [0, 0.05) is 21.7 Å². The van der Waals surface area contributed by atoms with E-state index in [2.05, 4.69) is 22.9 Å². The Morgan fingerprint density at radius 1 is 1.40 bits per heavy atom. The Hall–Kier alpha value is -0.710. The van der Waals surface area contributed by atoms with Gasteiger partial charge in [-0.3, -0.25) is 0 Å². The summed E-state index contributed by atoms with van der Waals surface area (Å²) >= 11 is 11.6. The molecule has 15 heavy (non-hydrogen) atoms. The van der Waals surface area contributed by atoms with Crippen molar-refractivity contribution in [3.8, 4) is 0 Å². The Bertz CT molecular complexity index is 456. The van der Waals surface area contributed by atoms with Gasteiger partial charge in [0.25, 0.3) is 0 Å². The van der Waals surface area contributed by atoms with Gasteiger partial charge < -0.3 is 5.32 Å². The number of benzene rings is 1. The van der Waals surface area contributed by atoms with Crippen molar-refractivity contribution in [2.75, 3.05) is 5.32 Å². The van der Waals surface area contributed by atoms with E-state index in [1.807, 2.05) is 24.3 Å². The third-order valence-electron chi connectivity index (χ3n) is 1.88. The predicted molar refractivity (Wildman–Crippen MR) is 68.1 cm³/mol. The highest BCUT2D eigenvalue weighted by molar-refractivity contribution is 7.80. The lowest BCUT2D eigenvalue weighted by Gasteiger charge is -2.06. The fourth-order valence-electron chi connectivity index (χ4n) is 1.17. The summed E-state index contributed by atoms with van der Waals surface area (Å²) in [7, 11) is 0. The third-order valence-corrected chi connectivity index (χ3v) is 3.39. The van der Waals surface area contributed by atoms with Crippen molar-refractivity contribution in [2.45, 2.75) is 11.4 Å². The van der Waals surface area contributed by atoms with Crippen molar-refractivity contribution < 1.29 is 0 Å². The second-order valence-electron chi connectivity index (χ2n) is 2.95. The number of halogens is 1. The maximum absolute atomic E-state index is 5.74. The first-order chi connectivity index (χ1) is 7.25. The largest absolute Gasteiger partial charge is 0.379 e. The second-order valence-corrected chi connectivity index (χ2v) is 5.13. The van der Waals surface area contributed by atoms with Gasteiger partial charge in [0.05, 0.1) is 6.54 Å². The summed E-state index contributed by atoms with van der Waals surface area (Å²) in [6.07, 6.45) is 1.78. The quantitative estimate of drug-likeness (QED) is 0.819. The van der Waals surface area contributed by atoms with Crippen LogP contribution < -0.4 is 5.32 Å². The molecular weight excluding hydrogens is 248 g/mol. The molecule has 1 N–H and O–H groups in total. The van der Waals surface area contributed by atoms with Gasteiger partial charge in [0.15, 0.2) is 4.47 Å². The lowest BCUT2D eigenvalue weighted by molar-refractivity contribution is 1.16. The van der Waals surface area contributed by atoms with E-state index in [-0.39, 0.29) is 0 Å². The van der Waals surface area contributed by atoms with Crippen molar-refractivity contribution in [2.24, 2.45) is 0 Å². The first kappa shape index (κ1) is 10.8. The van der Waals surface area contributed by atoms with E-state index >= 15 is 0 Å². The number of hydrogen-bond acceptors (Lipinski definition) is 4. The molecule has 2 rings (SSSR count). The molecule has 0 amide bonds. The average Bonchev–Trinajstić information content (AvgIpc) is 2.63. The van der Waals surface area contributed by atoms with Crippen LogP contribution in [-0.2, 0) is 6.54 Å². The summed E-state index contributed by atoms with van der Waals surface area (Å²) in [5.41, 5.74) is 1.02. The van der Waals surface area contributed by atoms with Crippen molar-refractivity contribution in [1.29, 1.82) is 0 Å². The highest BCUT2D eigenvalue weighted by Gasteiger charge is 2.00. The Kier molecular flexibility index (Phi) is 3.51. The molecule has 1 aromatic carbocycles. The summed E-state index contributed by atoms with van der Waals surface area (Å²) in [6.45, 7) is 0.724. The maximum Gasteiger partial charge on any atom is 0.183 e. The standard InChI is InChI=1S/C10H9ClN2S2/c11-10-13-6-7(15-10)5-12-8-3-1-2-4-9(8)14/h1-4,6,12,14H,5H2. The summed E-state index contributed by atoms with van der Waals surface area (Å²) in [5, 5.41) is 3.28. The molecule has 78 valence electrons. The Morgan fingerprint density at radius 3 is 2.87 bits per heavy atom. The van der Waals surface area contributed by atoms with Gasteiger partial charge in [0.2, 0.25) is 0 Å². The molecule has 1 aromatic heterocycles. The minimum atomic E-state index is 0.575. The van der Waals surface area contributed by atoms with Crippen LogP contribution in [0.3, 0.4) is 0 Å². The summed E-state index contributed by atoms with van der Waals surface area (Å²) in [5.74, 6) is 0. The molecule has 0 aliphatic heterocycles. The average molecular weight is 257 g/mol. The normalized spacial score (nSPS) is 10.3. The summed E-state index contributed by atoms with van der Waals surface area (Å²) in [6, 6.07) is 7.87.